The zero-order valence-electron chi connectivity index (χ0n) is 14.6. The van der Waals surface area contributed by atoms with E-state index in [4.69, 9.17) is 4.74 Å². The molecule has 6 heteroatoms. The van der Waals surface area contributed by atoms with Crippen LogP contribution in [0.4, 0.5) is 0 Å². The lowest BCUT2D eigenvalue weighted by atomic mass is 9.97. The molecule has 5 nitrogen and oxygen atoms in total. The third-order valence-corrected chi connectivity index (χ3v) is 4.05. The van der Waals surface area contributed by atoms with Gasteiger partial charge in [-0.05, 0) is 50.6 Å². The molecule has 0 bridgehead atoms. The van der Waals surface area contributed by atoms with Crippen LogP contribution in [0, 0.1) is 20.8 Å². The van der Waals surface area contributed by atoms with Crippen LogP contribution in [-0.2, 0) is 20.7 Å². The molecule has 0 N–H and O–H groups in total. The van der Waals surface area contributed by atoms with Crippen LogP contribution < -0.4 is 0 Å². The molecule has 1 aromatic carbocycles. The summed E-state index contributed by atoms with van der Waals surface area (Å²) in [6, 6.07) is 4.12. The van der Waals surface area contributed by atoms with Crippen molar-refractivity contribution in [1.82, 2.24) is 5.01 Å². The van der Waals surface area contributed by atoms with Gasteiger partial charge in [0.05, 0.1) is 13.0 Å². The third kappa shape index (κ3) is 5.39. The largest absolute Gasteiger partial charge is 0.461 e. The smallest absolute Gasteiger partial charge is 0.365 e. The molecule has 1 amide bonds. The number of carbonyl (C=O) groups excluding carboxylic acids is 2. The van der Waals surface area contributed by atoms with Gasteiger partial charge in [0.1, 0.15) is 0 Å². The molecule has 0 aliphatic carbocycles. The second-order valence-corrected chi connectivity index (χ2v) is 6.10. The third-order valence-electron chi connectivity index (χ3n) is 3.41. The van der Waals surface area contributed by atoms with Crippen molar-refractivity contribution in [2.45, 2.75) is 34.1 Å². The lowest BCUT2D eigenvalue weighted by Gasteiger charge is -2.15. The standard InChI is InChI=1S/C17H24N2O3S/c1-7-22-17(21)16(23-6)18-19(5)15(20)10-14-12(3)8-11(2)9-13(14)4/h8-9H,7,10H2,1-6H3. The Morgan fingerprint density at radius 1 is 1.22 bits per heavy atom. The highest BCUT2D eigenvalue weighted by atomic mass is 32.2. The quantitative estimate of drug-likeness (QED) is 0.367. The minimum Gasteiger partial charge on any atom is -0.461 e. The summed E-state index contributed by atoms with van der Waals surface area (Å²) in [5.41, 5.74) is 4.35. The number of carbonyl (C=O) groups is 2. The minimum absolute atomic E-state index is 0.167. The first-order valence-corrected chi connectivity index (χ1v) is 8.65. The Hall–Kier alpha value is -1.82. The van der Waals surface area contributed by atoms with Crippen LogP contribution in [0.5, 0.6) is 0 Å². The van der Waals surface area contributed by atoms with Gasteiger partial charge in [-0.1, -0.05) is 17.7 Å². The van der Waals surface area contributed by atoms with Crippen molar-refractivity contribution in [3.8, 4) is 0 Å². The number of benzene rings is 1. The normalized spacial score (nSPS) is 11.3. The van der Waals surface area contributed by atoms with Gasteiger partial charge >= 0.3 is 5.97 Å². The van der Waals surface area contributed by atoms with Crippen molar-refractivity contribution in [2.75, 3.05) is 19.9 Å². The molecular formula is C17H24N2O3S. The van der Waals surface area contributed by atoms with Gasteiger partial charge in [0.15, 0.2) is 0 Å². The van der Waals surface area contributed by atoms with E-state index in [9.17, 15) is 9.59 Å². The highest BCUT2D eigenvalue weighted by Gasteiger charge is 2.17. The summed E-state index contributed by atoms with van der Waals surface area (Å²) in [6.45, 7) is 8.03. The number of ether oxygens (including phenoxy) is 1. The highest BCUT2D eigenvalue weighted by molar-refractivity contribution is 8.15. The summed E-state index contributed by atoms with van der Waals surface area (Å²) < 4.78 is 4.92. The molecule has 0 fully saturated rings. The van der Waals surface area contributed by atoms with Gasteiger partial charge < -0.3 is 4.74 Å². The van der Waals surface area contributed by atoms with Crippen LogP contribution >= 0.6 is 11.8 Å². The first-order valence-electron chi connectivity index (χ1n) is 7.43. The average Bonchev–Trinajstić information content (AvgIpc) is 2.47. The van der Waals surface area contributed by atoms with Crippen LogP contribution in [0.25, 0.3) is 0 Å². The van der Waals surface area contributed by atoms with Gasteiger partial charge in [-0.15, -0.1) is 11.8 Å². The molecule has 0 radical (unpaired) electrons. The summed E-state index contributed by atoms with van der Waals surface area (Å²) >= 11 is 1.16. The van der Waals surface area contributed by atoms with E-state index in [0.717, 1.165) is 28.5 Å². The molecule has 0 heterocycles. The number of esters is 1. The van der Waals surface area contributed by atoms with Crippen molar-refractivity contribution in [3.63, 3.8) is 0 Å². The molecule has 0 saturated heterocycles. The maximum absolute atomic E-state index is 12.4. The van der Waals surface area contributed by atoms with Crippen molar-refractivity contribution >= 4 is 28.7 Å². The van der Waals surface area contributed by atoms with E-state index in [1.807, 2.05) is 20.8 Å². The molecule has 1 rings (SSSR count). The van der Waals surface area contributed by atoms with Crippen LogP contribution in [0.3, 0.4) is 0 Å². The summed E-state index contributed by atoms with van der Waals surface area (Å²) in [4.78, 5) is 24.1. The van der Waals surface area contributed by atoms with Crippen LogP contribution in [0.1, 0.15) is 29.2 Å². The zero-order chi connectivity index (χ0) is 17.6. The van der Waals surface area contributed by atoms with Crippen molar-refractivity contribution in [3.05, 3.63) is 34.4 Å². The summed E-state index contributed by atoms with van der Waals surface area (Å²) in [5.74, 6) is -0.682. The van der Waals surface area contributed by atoms with E-state index >= 15 is 0 Å². The Bertz CT molecular complexity index is 603. The summed E-state index contributed by atoms with van der Waals surface area (Å²) in [5, 5.41) is 5.45. The second kappa shape index (κ2) is 8.72. The van der Waals surface area contributed by atoms with Crippen LogP contribution in [0.15, 0.2) is 17.2 Å². The van der Waals surface area contributed by atoms with Crippen LogP contribution in [0.2, 0.25) is 0 Å². The average molecular weight is 336 g/mol. The molecular weight excluding hydrogens is 312 g/mol. The fraction of sp³-hybridized carbons (Fsp3) is 0.471. The molecule has 0 spiro atoms. The Labute approximate surface area is 142 Å². The van der Waals surface area contributed by atoms with Crippen molar-refractivity contribution < 1.29 is 14.3 Å². The molecule has 0 aliphatic rings. The van der Waals surface area contributed by atoms with Crippen molar-refractivity contribution in [2.24, 2.45) is 5.10 Å². The predicted octanol–water partition coefficient (Wildman–Crippen LogP) is 2.85. The van der Waals surface area contributed by atoms with E-state index in [2.05, 4.69) is 17.2 Å². The van der Waals surface area contributed by atoms with E-state index in [-0.39, 0.29) is 24.0 Å². The molecule has 0 aromatic heterocycles. The molecule has 0 aliphatic heterocycles. The summed E-state index contributed by atoms with van der Waals surface area (Å²) in [7, 11) is 1.55. The molecule has 23 heavy (non-hydrogen) atoms. The van der Waals surface area contributed by atoms with Crippen LogP contribution in [-0.4, -0.2) is 41.8 Å². The number of aryl methyl sites for hydroxylation is 3. The number of amides is 1. The molecule has 0 unspecified atom stereocenters. The molecule has 0 saturated carbocycles. The second-order valence-electron chi connectivity index (χ2n) is 5.30. The fourth-order valence-corrected chi connectivity index (χ4v) is 2.73. The van der Waals surface area contributed by atoms with E-state index < -0.39 is 5.97 Å². The number of likely N-dealkylation sites (N-methyl/N-ethyl adjacent to an activating group) is 1. The first kappa shape index (κ1) is 19.2. The number of hydrogen-bond donors (Lipinski definition) is 0. The van der Waals surface area contributed by atoms with E-state index in [1.165, 1.54) is 10.6 Å². The number of hydrazone groups is 1. The Morgan fingerprint density at radius 3 is 2.26 bits per heavy atom. The number of thioether (sulfide) groups is 1. The summed E-state index contributed by atoms with van der Waals surface area (Å²) in [6.07, 6.45) is 1.98. The van der Waals surface area contributed by atoms with Gasteiger partial charge in [-0.25, -0.2) is 9.80 Å². The Balaban J connectivity index is 2.91. The Kier molecular flexibility index (Phi) is 7.29. The van der Waals surface area contributed by atoms with Crippen molar-refractivity contribution in [1.29, 1.82) is 0 Å². The molecule has 0 atom stereocenters. The first-order chi connectivity index (χ1) is 10.8. The monoisotopic (exact) mass is 336 g/mol. The van der Waals surface area contributed by atoms with Gasteiger partial charge in [-0.3, -0.25) is 4.79 Å². The predicted molar refractivity (Wildman–Crippen MR) is 94.7 cm³/mol. The number of nitrogens with zero attached hydrogens (tertiary/aromatic N) is 2. The lowest BCUT2D eigenvalue weighted by molar-refractivity contribution is -0.134. The maximum Gasteiger partial charge on any atom is 0.365 e. The molecule has 1 aromatic rings. The van der Waals surface area contributed by atoms with Gasteiger partial charge in [0, 0.05) is 7.05 Å². The fourth-order valence-electron chi connectivity index (χ4n) is 2.30. The van der Waals surface area contributed by atoms with Gasteiger partial charge in [0.2, 0.25) is 11.0 Å². The molecule has 126 valence electrons. The minimum atomic E-state index is -0.512. The van der Waals surface area contributed by atoms with E-state index in [1.54, 1.807) is 20.2 Å². The highest BCUT2D eigenvalue weighted by Crippen LogP contribution is 2.18. The SMILES string of the molecule is CCOC(=O)C(=NN(C)C(=O)Cc1c(C)cc(C)cc1C)SC. The van der Waals surface area contributed by atoms with Gasteiger partial charge in [0.25, 0.3) is 0 Å². The lowest BCUT2D eigenvalue weighted by Crippen LogP contribution is -2.27. The number of hydrogen-bond acceptors (Lipinski definition) is 5. The zero-order valence-corrected chi connectivity index (χ0v) is 15.4. The van der Waals surface area contributed by atoms with E-state index in [0.29, 0.717) is 0 Å². The Morgan fingerprint density at radius 2 is 1.78 bits per heavy atom. The maximum atomic E-state index is 12.4. The topological polar surface area (TPSA) is 59.0 Å². The number of rotatable bonds is 4. The van der Waals surface area contributed by atoms with Gasteiger partial charge in [-0.2, -0.15) is 5.10 Å².